The van der Waals surface area contributed by atoms with Crippen LogP contribution in [0.4, 0.5) is 0 Å². The highest BCUT2D eigenvalue weighted by molar-refractivity contribution is 7.89. The summed E-state index contributed by atoms with van der Waals surface area (Å²) in [5.41, 5.74) is 0.982. The molecule has 1 atom stereocenters. The number of sulfonamides is 1. The fourth-order valence-corrected chi connectivity index (χ4v) is 5.45. The van der Waals surface area contributed by atoms with Crippen LogP contribution in [0.5, 0.6) is 0 Å². The van der Waals surface area contributed by atoms with E-state index in [1.807, 2.05) is 30.3 Å². The van der Waals surface area contributed by atoms with Crippen molar-refractivity contribution in [2.45, 2.75) is 24.2 Å². The Morgan fingerprint density at radius 2 is 2.00 bits per heavy atom. The molecule has 3 rings (SSSR count). The molecular weight excluding hydrogens is 330 g/mol. The summed E-state index contributed by atoms with van der Waals surface area (Å²) in [6.07, 6.45) is 1.87. The largest absolute Gasteiger partial charge is 0.299 e. The third-order valence-corrected chi connectivity index (χ3v) is 6.89. The number of nitrogens with zero attached hydrogens (tertiary/aromatic N) is 1. The molecule has 1 fully saturated rings. The number of Topliss-reactive ketones (excluding diaryl/α,β-unsaturated/α-hetero) is 1. The normalized spacial score (nSPS) is 19.6. The first kappa shape index (κ1) is 16.4. The third-order valence-electron chi connectivity index (χ3n) is 4.19. The molecule has 0 bridgehead atoms. The maximum atomic E-state index is 12.6. The van der Waals surface area contributed by atoms with Crippen LogP contribution in [0.3, 0.4) is 0 Å². The van der Waals surface area contributed by atoms with Gasteiger partial charge >= 0.3 is 0 Å². The second-order valence-electron chi connectivity index (χ2n) is 5.79. The van der Waals surface area contributed by atoms with E-state index in [1.165, 1.54) is 15.6 Å². The van der Waals surface area contributed by atoms with Crippen molar-refractivity contribution in [3.05, 3.63) is 52.7 Å². The average Bonchev–Trinajstić information content (AvgIpc) is 3.11. The summed E-state index contributed by atoms with van der Waals surface area (Å²) in [5.74, 6) is -0.0845. The van der Waals surface area contributed by atoms with Crippen LogP contribution in [0.2, 0.25) is 0 Å². The Hall–Kier alpha value is -1.50. The predicted molar refractivity (Wildman–Crippen MR) is 91.0 cm³/mol. The lowest BCUT2D eigenvalue weighted by molar-refractivity contribution is -0.123. The van der Waals surface area contributed by atoms with Gasteiger partial charge in [-0.25, -0.2) is 8.42 Å². The van der Waals surface area contributed by atoms with Crippen molar-refractivity contribution in [1.29, 1.82) is 0 Å². The Bertz CT molecular complexity index is 754. The summed E-state index contributed by atoms with van der Waals surface area (Å²) in [4.78, 5) is 12.8. The smallest absolute Gasteiger partial charge is 0.243 e. The monoisotopic (exact) mass is 349 g/mol. The van der Waals surface area contributed by atoms with E-state index in [-0.39, 0.29) is 11.7 Å². The van der Waals surface area contributed by atoms with E-state index >= 15 is 0 Å². The second-order valence-corrected chi connectivity index (χ2v) is 8.51. The molecule has 0 aliphatic carbocycles. The second kappa shape index (κ2) is 6.95. The van der Waals surface area contributed by atoms with Gasteiger partial charge in [0.05, 0.1) is 4.90 Å². The molecule has 1 aromatic heterocycles. The first-order valence-corrected chi connectivity index (χ1v) is 10.0. The minimum atomic E-state index is -3.47. The molecule has 1 aliphatic rings. The van der Waals surface area contributed by atoms with E-state index in [4.69, 9.17) is 0 Å². The third kappa shape index (κ3) is 3.71. The molecule has 0 saturated carbocycles. The van der Waals surface area contributed by atoms with Crippen molar-refractivity contribution >= 4 is 27.1 Å². The van der Waals surface area contributed by atoms with Gasteiger partial charge in [-0.05, 0) is 29.9 Å². The SMILES string of the molecule is O=C(Cc1ccccc1)[C@H]1CCCN(S(=O)(=O)c2ccsc2)C1. The first-order valence-electron chi connectivity index (χ1n) is 7.66. The van der Waals surface area contributed by atoms with Crippen LogP contribution in [0.25, 0.3) is 0 Å². The molecule has 0 amide bonds. The van der Waals surface area contributed by atoms with Crippen LogP contribution < -0.4 is 0 Å². The van der Waals surface area contributed by atoms with E-state index in [2.05, 4.69) is 0 Å². The zero-order valence-electron chi connectivity index (χ0n) is 12.7. The summed E-state index contributed by atoms with van der Waals surface area (Å²) in [7, 11) is -3.47. The van der Waals surface area contributed by atoms with Gasteiger partial charge in [0.2, 0.25) is 10.0 Å². The van der Waals surface area contributed by atoms with Crippen LogP contribution in [-0.4, -0.2) is 31.6 Å². The number of hydrogen-bond acceptors (Lipinski definition) is 4. The number of piperidine rings is 1. The van der Waals surface area contributed by atoms with Crippen molar-refractivity contribution in [3.63, 3.8) is 0 Å². The van der Waals surface area contributed by atoms with Crippen LogP contribution in [-0.2, 0) is 21.2 Å². The molecule has 23 heavy (non-hydrogen) atoms. The highest BCUT2D eigenvalue weighted by Gasteiger charge is 2.33. The van der Waals surface area contributed by atoms with E-state index in [1.54, 1.807) is 16.8 Å². The summed E-state index contributed by atoms with van der Waals surface area (Å²) in [6.45, 7) is 0.789. The summed E-state index contributed by atoms with van der Waals surface area (Å²) < 4.78 is 26.7. The van der Waals surface area contributed by atoms with E-state index in [0.29, 0.717) is 24.4 Å². The number of rotatable bonds is 5. The van der Waals surface area contributed by atoms with Crippen molar-refractivity contribution in [2.75, 3.05) is 13.1 Å². The van der Waals surface area contributed by atoms with Crippen LogP contribution in [0.1, 0.15) is 18.4 Å². The van der Waals surface area contributed by atoms with E-state index in [9.17, 15) is 13.2 Å². The summed E-state index contributed by atoms with van der Waals surface area (Å²) >= 11 is 1.37. The van der Waals surface area contributed by atoms with Crippen molar-refractivity contribution in [1.82, 2.24) is 4.31 Å². The zero-order valence-corrected chi connectivity index (χ0v) is 14.4. The highest BCUT2D eigenvalue weighted by Crippen LogP contribution is 2.26. The molecule has 6 heteroatoms. The Morgan fingerprint density at radius 1 is 1.22 bits per heavy atom. The molecule has 1 saturated heterocycles. The lowest BCUT2D eigenvalue weighted by Gasteiger charge is -2.31. The van der Waals surface area contributed by atoms with Gasteiger partial charge in [-0.3, -0.25) is 4.79 Å². The van der Waals surface area contributed by atoms with Gasteiger partial charge in [-0.1, -0.05) is 30.3 Å². The van der Waals surface area contributed by atoms with Crippen LogP contribution in [0, 0.1) is 5.92 Å². The number of hydrogen-bond donors (Lipinski definition) is 0. The maximum absolute atomic E-state index is 12.6. The lowest BCUT2D eigenvalue weighted by Crippen LogP contribution is -2.42. The Kier molecular flexibility index (Phi) is 4.94. The minimum Gasteiger partial charge on any atom is -0.299 e. The Morgan fingerprint density at radius 3 is 2.70 bits per heavy atom. The lowest BCUT2D eigenvalue weighted by atomic mass is 9.91. The fraction of sp³-hybridized carbons (Fsp3) is 0.353. The molecule has 2 aromatic rings. The number of carbonyl (C=O) groups excluding carboxylic acids is 1. The summed E-state index contributed by atoms with van der Waals surface area (Å²) in [6, 6.07) is 11.2. The molecule has 1 aromatic carbocycles. The van der Waals surface area contributed by atoms with Crippen LogP contribution in [0.15, 0.2) is 52.1 Å². The van der Waals surface area contributed by atoms with Crippen molar-refractivity contribution < 1.29 is 13.2 Å². The Balaban J connectivity index is 1.70. The number of carbonyl (C=O) groups is 1. The summed E-state index contributed by atoms with van der Waals surface area (Å²) in [5, 5.41) is 3.40. The molecule has 0 radical (unpaired) electrons. The molecule has 0 unspecified atom stereocenters. The number of ketones is 1. The molecule has 1 aliphatic heterocycles. The van der Waals surface area contributed by atoms with Crippen molar-refractivity contribution in [3.8, 4) is 0 Å². The van der Waals surface area contributed by atoms with E-state index < -0.39 is 10.0 Å². The molecule has 2 heterocycles. The minimum absolute atomic E-state index is 0.126. The van der Waals surface area contributed by atoms with Crippen LogP contribution >= 0.6 is 11.3 Å². The van der Waals surface area contributed by atoms with Gasteiger partial charge in [0, 0.05) is 30.8 Å². The molecule has 0 spiro atoms. The Labute approximate surface area is 140 Å². The number of benzene rings is 1. The van der Waals surface area contributed by atoms with Gasteiger partial charge in [-0.15, -0.1) is 0 Å². The quantitative estimate of drug-likeness (QED) is 0.834. The predicted octanol–water partition coefficient (Wildman–Crippen LogP) is 2.96. The number of thiophene rings is 1. The van der Waals surface area contributed by atoms with Gasteiger partial charge in [0.25, 0.3) is 0 Å². The molecule has 4 nitrogen and oxygen atoms in total. The first-order chi connectivity index (χ1) is 11.1. The van der Waals surface area contributed by atoms with Crippen molar-refractivity contribution in [2.24, 2.45) is 5.92 Å². The standard InChI is InChI=1S/C17H19NO3S2/c19-17(11-14-5-2-1-3-6-14)15-7-4-9-18(12-15)23(20,21)16-8-10-22-13-16/h1-3,5-6,8,10,13,15H,4,7,9,11-12H2/t15-/m0/s1. The molecule has 0 N–H and O–H groups in total. The average molecular weight is 349 g/mol. The highest BCUT2D eigenvalue weighted by atomic mass is 32.2. The van der Waals surface area contributed by atoms with Gasteiger partial charge < -0.3 is 0 Å². The molecular formula is C17H19NO3S2. The van der Waals surface area contributed by atoms with Gasteiger partial charge in [0.15, 0.2) is 0 Å². The van der Waals surface area contributed by atoms with Gasteiger partial charge in [-0.2, -0.15) is 15.6 Å². The topological polar surface area (TPSA) is 54.5 Å². The fourth-order valence-electron chi connectivity index (χ4n) is 2.91. The van der Waals surface area contributed by atoms with E-state index in [0.717, 1.165) is 18.4 Å². The zero-order chi connectivity index (χ0) is 16.3. The molecule has 122 valence electrons. The maximum Gasteiger partial charge on any atom is 0.243 e. The van der Waals surface area contributed by atoms with Gasteiger partial charge in [0.1, 0.15) is 5.78 Å².